The van der Waals surface area contributed by atoms with Crippen LogP contribution in [0.5, 0.6) is 0 Å². The molecule has 1 atom stereocenters. The van der Waals surface area contributed by atoms with Gasteiger partial charge in [0.25, 0.3) is 0 Å². The average molecular weight is 535 g/mol. The topological polar surface area (TPSA) is 0 Å². The van der Waals surface area contributed by atoms with E-state index in [9.17, 15) is 0 Å². The van der Waals surface area contributed by atoms with Crippen LogP contribution in [0, 0.1) is 11.8 Å². The predicted octanol–water partition coefficient (Wildman–Crippen LogP) is 11.3. The molecule has 0 saturated heterocycles. The highest BCUT2D eigenvalue weighted by molar-refractivity contribution is 5.86. The van der Waals surface area contributed by atoms with Gasteiger partial charge in [-0.3, -0.25) is 0 Å². The van der Waals surface area contributed by atoms with Crippen molar-refractivity contribution in [3.05, 3.63) is 132 Å². The third-order valence-electron chi connectivity index (χ3n) is 10.4. The van der Waals surface area contributed by atoms with Crippen LogP contribution < -0.4 is 0 Å². The molecule has 0 bridgehead atoms. The standard InChI is InChI=1S/C41H42/c1-2-3-27-41(35-21-13-14-22-35,34-19-11-6-12-20-34)40-37(31-17-9-5-10-18-31)25-26-38-36-24-23-32(28-33(36)29-39(38)40)30-15-7-4-8-16-30/h4-5,7-10,13-18,21-26,28,34-35H,2-3,6,11-12,19-20,27,29H2,1H3. The van der Waals surface area contributed by atoms with Crippen LogP contribution in [0.2, 0.25) is 0 Å². The maximum absolute atomic E-state index is 2.54. The Kier molecular flexibility index (Phi) is 7.26. The van der Waals surface area contributed by atoms with E-state index in [0.29, 0.717) is 11.8 Å². The molecule has 0 aromatic heterocycles. The molecule has 41 heavy (non-hydrogen) atoms. The van der Waals surface area contributed by atoms with Gasteiger partial charge in [-0.05, 0) is 81.7 Å². The van der Waals surface area contributed by atoms with Gasteiger partial charge in [-0.15, -0.1) is 0 Å². The second-order valence-electron chi connectivity index (χ2n) is 12.6. The summed E-state index contributed by atoms with van der Waals surface area (Å²) in [6.45, 7) is 2.38. The molecule has 0 amide bonds. The van der Waals surface area contributed by atoms with E-state index in [1.807, 2.05) is 0 Å². The molecule has 1 saturated carbocycles. The molecule has 0 N–H and O–H groups in total. The fourth-order valence-corrected chi connectivity index (χ4v) is 8.48. The Hall–Kier alpha value is -3.64. The third kappa shape index (κ3) is 4.62. The molecule has 206 valence electrons. The van der Waals surface area contributed by atoms with E-state index in [1.165, 1.54) is 90.3 Å². The quantitative estimate of drug-likeness (QED) is 0.186. The maximum atomic E-state index is 2.54. The average Bonchev–Trinajstić information content (AvgIpc) is 3.71. The van der Waals surface area contributed by atoms with Crippen molar-refractivity contribution in [1.82, 2.24) is 0 Å². The van der Waals surface area contributed by atoms with Gasteiger partial charge in [-0.2, -0.15) is 0 Å². The van der Waals surface area contributed by atoms with Crippen molar-refractivity contribution in [3.8, 4) is 33.4 Å². The van der Waals surface area contributed by atoms with Crippen molar-refractivity contribution < 1.29 is 0 Å². The van der Waals surface area contributed by atoms with Gasteiger partial charge in [0.15, 0.2) is 0 Å². The molecule has 4 aromatic rings. The van der Waals surface area contributed by atoms with Gasteiger partial charge in [-0.25, -0.2) is 0 Å². The Balaban J connectivity index is 1.47. The van der Waals surface area contributed by atoms with Crippen molar-refractivity contribution in [2.75, 3.05) is 0 Å². The summed E-state index contributed by atoms with van der Waals surface area (Å²) in [5, 5.41) is 0. The van der Waals surface area contributed by atoms with Crippen LogP contribution in [0.1, 0.15) is 75.0 Å². The first kappa shape index (κ1) is 26.3. The number of hydrogen-bond acceptors (Lipinski definition) is 0. The van der Waals surface area contributed by atoms with E-state index in [0.717, 1.165) is 6.42 Å². The molecule has 1 unspecified atom stereocenters. The first-order valence-electron chi connectivity index (χ1n) is 16.0. The Labute approximate surface area is 246 Å². The zero-order chi connectivity index (χ0) is 27.6. The van der Waals surface area contributed by atoms with E-state index in [-0.39, 0.29) is 5.41 Å². The molecule has 0 radical (unpaired) electrons. The molecule has 7 rings (SSSR count). The summed E-state index contributed by atoms with van der Waals surface area (Å²) in [7, 11) is 0. The smallest absolute Gasteiger partial charge is 0.00879 e. The Morgan fingerprint density at radius 2 is 1.32 bits per heavy atom. The highest BCUT2D eigenvalue weighted by atomic mass is 14.5. The van der Waals surface area contributed by atoms with E-state index < -0.39 is 0 Å². The predicted molar refractivity (Wildman–Crippen MR) is 175 cm³/mol. The Morgan fingerprint density at radius 1 is 0.659 bits per heavy atom. The Bertz CT molecular complexity index is 1550. The number of allylic oxidation sites excluding steroid dienone is 4. The van der Waals surface area contributed by atoms with E-state index in [1.54, 1.807) is 11.1 Å². The van der Waals surface area contributed by atoms with Gasteiger partial charge >= 0.3 is 0 Å². The molecular formula is C41H42. The SMILES string of the molecule is CCCCC(c1c(-c2ccccc2)ccc2c1Cc1cc(-c3ccccc3)ccc1-2)(C1C=CC=C1)C1CCCCC1. The molecule has 0 aliphatic heterocycles. The fourth-order valence-electron chi connectivity index (χ4n) is 8.48. The number of benzene rings is 4. The Morgan fingerprint density at radius 3 is 2.02 bits per heavy atom. The second-order valence-corrected chi connectivity index (χ2v) is 12.6. The van der Waals surface area contributed by atoms with Crippen molar-refractivity contribution >= 4 is 0 Å². The maximum Gasteiger partial charge on any atom is 0.00879 e. The summed E-state index contributed by atoms with van der Waals surface area (Å²) in [6, 6.07) is 34.3. The first-order chi connectivity index (χ1) is 20.3. The van der Waals surface area contributed by atoms with Crippen LogP contribution in [-0.2, 0) is 11.8 Å². The van der Waals surface area contributed by atoms with Gasteiger partial charge in [0.05, 0.1) is 0 Å². The normalized spacial score (nSPS) is 17.9. The van der Waals surface area contributed by atoms with E-state index in [2.05, 4.69) is 122 Å². The lowest BCUT2D eigenvalue weighted by atomic mass is 9.55. The number of hydrogen-bond donors (Lipinski definition) is 0. The van der Waals surface area contributed by atoms with E-state index >= 15 is 0 Å². The minimum absolute atomic E-state index is 0.112. The molecule has 4 aromatic carbocycles. The number of rotatable bonds is 8. The van der Waals surface area contributed by atoms with Crippen LogP contribution in [0.15, 0.2) is 115 Å². The van der Waals surface area contributed by atoms with Gasteiger partial charge < -0.3 is 0 Å². The summed E-state index contributed by atoms with van der Waals surface area (Å²) in [6.07, 6.45) is 21.4. The van der Waals surface area contributed by atoms with Crippen LogP contribution in [0.25, 0.3) is 33.4 Å². The van der Waals surface area contributed by atoms with Crippen molar-refractivity contribution in [2.45, 2.75) is 70.1 Å². The van der Waals surface area contributed by atoms with Gasteiger partial charge in [0.2, 0.25) is 0 Å². The third-order valence-corrected chi connectivity index (χ3v) is 10.4. The highest BCUT2D eigenvalue weighted by Gasteiger charge is 2.48. The van der Waals surface area contributed by atoms with Crippen molar-refractivity contribution in [3.63, 3.8) is 0 Å². The van der Waals surface area contributed by atoms with Gasteiger partial charge in [0, 0.05) is 11.3 Å². The largest absolute Gasteiger partial charge is 0.0767 e. The molecule has 3 aliphatic rings. The fraction of sp³-hybridized carbons (Fsp3) is 0.317. The van der Waals surface area contributed by atoms with Crippen LogP contribution in [-0.4, -0.2) is 0 Å². The zero-order valence-corrected chi connectivity index (χ0v) is 24.5. The lowest BCUT2D eigenvalue weighted by molar-refractivity contribution is 0.156. The zero-order valence-electron chi connectivity index (χ0n) is 24.5. The summed E-state index contributed by atoms with van der Waals surface area (Å²) in [5.74, 6) is 1.16. The minimum Gasteiger partial charge on any atom is -0.0767 e. The lowest BCUT2D eigenvalue weighted by Crippen LogP contribution is -2.43. The molecule has 0 heterocycles. The molecular weight excluding hydrogens is 492 g/mol. The molecule has 0 spiro atoms. The monoisotopic (exact) mass is 534 g/mol. The number of fused-ring (bicyclic) bond motifs is 3. The summed E-state index contributed by atoms with van der Waals surface area (Å²) in [5.41, 5.74) is 13.2. The molecule has 1 fully saturated rings. The molecule has 3 aliphatic carbocycles. The molecule has 0 nitrogen and oxygen atoms in total. The van der Waals surface area contributed by atoms with Crippen LogP contribution >= 0.6 is 0 Å². The lowest BCUT2D eigenvalue weighted by Gasteiger charge is -2.49. The van der Waals surface area contributed by atoms with E-state index in [4.69, 9.17) is 0 Å². The summed E-state index contributed by atoms with van der Waals surface area (Å²) < 4.78 is 0. The first-order valence-corrected chi connectivity index (χ1v) is 16.0. The summed E-state index contributed by atoms with van der Waals surface area (Å²) >= 11 is 0. The van der Waals surface area contributed by atoms with Crippen LogP contribution in [0.4, 0.5) is 0 Å². The van der Waals surface area contributed by atoms with Crippen LogP contribution in [0.3, 0.4) is 0 Å². The van der Waals surface area contributed by atoms with Gasteiger partial charge in [-0.1, -0.05) is 154 Å². The highest BCUT2D eigenvalue weighted by Crippen LogP contribution is 2.57. The molecule has 0 heteroatoms. The van der Waals surface area contributed by atoms with Gasteiger partial charge in [0.1, 0.15) is 0 Å². The summed E-state index contributed by atoms with van der Waals surface area (Å²) in [4.78, 5) is 0. The minimum atomic E-state index is 0.112. The second kappa shape index (κ2) is 11.3. The van der Waals surface area contributed by atoms with Crippen molar-refractivity contribution in [2.24, 2.45) is 11.8 Å². The number of unbranched alkanes of at least 4 members (excludes halogenated alkanes) is 1. The van der Waals surface area contributed by atoms with Crippen molar-refractivity contribution in [1.29, 1.82) is 0 Å².